The van der Waals surface area contributed by atoms with Crippen LogP contribution in [0.4, 0.5) is 0 Å². The molecule has 0 fully saturated rings. The van der Waals surface area contributed by atoms with Crippen LogP contribution in [0.15, 0.2) is 59.6 Å². The van der Waals surface area contributed by atoms with E-state index in [0.717, 1.165) is 57.2 Å². The lowest BCUT2D eigenvalue weighted by Gasteiger charge is -2.12. The predicted octanol–water partition coefficient (Wildman–Crippen LogP) is 3.79. The second-order valence-corrected chi connectivity index (χ2v) is 6.49. The third kappa shape index (κ3) is 8.44. The summed E-state index contributed by atoms with van der Waals surface area (Å²) in [7, 11) is 1.71. The molecule has 2 rings (SSSR count). The minimum absolute atomic E-state index is 0.678. The molecule has 2 N–H and O–H groups in total. The zero-order valence-electron chi connectivity index (χ0n) is 17.1. The number of nitrogens with zero attached hydrogens (tertiary/aromatic N) is 1. The standard InChI is InChI=1S/C23H33N3O2/c1-3-24-23(26-17-15-21-13-7-8-14-22(21)27-2)25-16-9-10-18-28-19-20-11-5-4-6-12-20/h4-8,11-14H,3,9-10,15-19H2,1-2H3,(H2,24,25,26). The SMILES string of the molecule is CCNC(=NCCCCOCc1ccccc1)NCCc1ccccc1OC. The van der Waals surface area contributed by atoms with Crippen molar-refractivity contribution in [3.63, 3.8) is 0 Å². The van der Waals surface area contributed by atoms with Crippen LogP contribution >= 0.6 is 0 Å². The van der Waals surface area contributed by atoms with Crippen LogP contribution in [0.1, 0.15) is 30.9 Å². The van der Waals surface area contributed by atoms with Crippen molar-refractivity contribution in [2.75, 3.05) is 33.4 Å². The zero-order valence-corrected chi connectivity index (χ0v) is 17.1. The Morgan fingerprint density at radius 1 is 0.964 bits per heavy atom. The third-order valence-corrected chi connectivity index (χ3v) is 4.30. The molecule has 2 aromatic carbocycles. The molecule has 0 saturated carbocycles. The van der Waals surface area contributed by atoms with E-state index in [1.165, 1.54) is 11.1 Å². The van der Waals surface area contributed by atoms with Crippen molar-refractivity contribution in [3.8, 4) is 5.75 Å². The Bertz CT molecular complexity index is 689. The van der Waals surface area contributed by atoms with Gasteiger partial charge in [-0.25, -0.2) is 0 Å². The van der Waals surface area contributed by atoms with E-state index in [1.807, 2.05) is 36.4 Å². The van der Waals surface area contributed by atoms with Crippen LogP contribution in [0.3, 0.4) is 0 Å². The van der Waals surface area contributed by atoms with Gasteiger partial charge in [-0.3, -0.25) is 4.99 Å². The average Bonchev–Trinajstić information content (AvgIpc) is 2.74. The number of hydrogen-bond acceptors (Lipinski definition) is 3. The summed E-state index contributed by atoms with van der Waals surface area (Å²) in [6, 6.07) is 18.4. The van der Waals surface area contributed by atoms with Gasteiger partial charge in [0.15, 0.2) is 5.96 Å². The van der Waals surface area contributed by atoms with Crippen LogP contribution in [0, 0.1) is 0 Å². The fourth-order valence-electron chi connectivity index (χ4n) is 2.84. The summed E-state index contributed by atoms with van der Waals surface area (Å²) in [6.07, 6.45) is 2.91. The second-order valence-electron chi connectivity index (χ2n) is 6.49. The maximum Gasteiger partial charge on any atom is 0.191 e. The van der Waals surface area contributed by atoms with Crippen LogP contribution in [-0.4, -0.2) is 39.3 Å². The maximum absolute atomic E-state index is 5.72. The van der Waals surface area contributed by atoms with E-state index in [-0.39, 0.29) is 0 Å². The molecule has 0 spiro atoms. The molecule has 152 valence electrons. The molecule has 0 atom stereocenters. The Hall–Kier alpha value is -2.53. The molecule has 0 amide bonds. The number of guanidine groups is 1. The minimum Gasteiger partial charge on any atom is -0.496 e. The van der Waals surface area contributed by atoms with Crippen molar-refractivity contribution in [1.82, 2.24) is 10.6 Å². The molecule has 0 radical (unpaired) electrons. The van der Waals surface area contributed by atoms with E-state index in [2.05, 4.69) is 40.7 Å². The Labute approximate surface area is 169 Å². The van der Waals surface area contributed by atoms with Gasteiger partial charge in [-0.15, -0.1) is 0 Å². The van der Waals surface area contributed by atoms with E-state index in [1.54, 1.807) is 7.11 Å². The van der Waals surface area contributed by atoms with Crippen molar-refractivity contribution < 1.29 is 9.47 Å². The molecule has 5 nitrogen and oxygen atoms in total. The highest BCUT2D eigenvalue weighted by molar-refractivity contribution is 5.79. The van der Waals surface area contributed by atoms with Gasteiger partial charge in [0.25, 0.3) is 0 Å². The summed E-state index contributed by atoms with van der Waals surface area (Å²) in [5.41, 5.74) is 2.41. The van der Waals surface area contributed by atoms with Crippen LogP contribution in [-0.2, 0) is 17.8 Å². The first-order chi connectivity index (χ1) is 13.8. The van der Waals surface area contributed by atoms with Gasteiger partial charge >= 0.3 is 0 Å². The zero-order chi connectivity index (χ0) is 19.9. The molecular formula is C23H33N3O2. The van der Waals surface area contributed by atoms with Gasteiger partial charge in [-0.1, -0.05) is 48.5 Å². The third-order valence-electron chi connectivity index (χ3n) is 4.30. The molecule has 0 saturated heterocycles. The van der Waals surface area contributed by atoms with Crippen LogP contribution in [0.5, 0.6) is 5.75 Å². The number of benzene rings is 2. The summed E-state index contributed by atoms with van der Waals surface area (Å²) in [5.74, 6) is 1.80. The molecule has 0 aliphatic heterocycles. The van der Waals surface area contributed by atoms with Gasteiger partial charge in [-0.2, -0.15) is 0 Å². The van der Waals surface area contributed by atoms with E-state index in [4.69, 9.17) is 9.47 Å². The topological polar surface area (TPSA) is 54.9 Å². The molecule has 28 heavy (non-hydrogen) atoms. The van der Waals surface area contributed by atoms with Crippen molar-refractivity contribution >= 4 is 5.96 Å². The lowest BCUT2D eigenvalue weighted by molar-refractivity contribution is 0.117. The second kappa shape index (κ2) is 13.6. The van der Waals surface area contributed by atoms with Crippen molar-refractivity contribution in [1.29, 1.82) is 0 Å². The number of hydrogen-bond donors (Lipinski definition) is 2. The number of methoxy groups -OCH3 is 1. The highest BCUT2D eigenvalue weighted by Crippen LogP contribution is 2.17. The number of ether oxygens (including phenoxy) is 2. The van der Waals surface area contributed by atoms with E-state index in [0.29, 0.717) is 6.61 Å². The van der Waals surface area contributed by atoms with Crippen molar-refractivity contribution in [3.05, 3.63) is 65.7 Å². The largest absolute Gasteiger partial charge is 0.496 e. The monoisotopic (exact) mass is 383 g/mol. The molecule has 0 aliphatic rings. The van der Waals surface area contributed by atoms with Gasteiger partial charge in [0.05, 0.1) is 13.7 Å². The fraction of sp³-hybridized carbons (Fsp3) is 0.435. The molecular weight excluding hydrogens is 350 g/mol. The van der Waals surface area contributed by atoms with Gasteiger partial charge < -0.3 is 20.1 Å². The lowest BCUT2D eigenvalue weighted by atomic mass is 10.1. The highest BCUT2D eigenvalue weighted by Gasteiger charge is 2.02. The first-order valence-corrected chi connectivity index (χ1v) is 10.1. The van der Waals surface area contributed by atoms with Gasteiger partial charge in [-0.05, 0) is 43.4 Å². The summed E-state index contributed by atoms with van der Waals surface area (Å²) < 4.78 is 11.1. The lowest BCUT2D eigenvalue weighted by Crippen LogP contribution is -2.38. The smallest absolute Gasteiger partial charge is 0.191 e. The van der Waals surface area contributed by atoms with Crippen molar-refractivity contribution in [2.45, 2.75) is 32.8 Å². The Morgan fingerprint density at radius 3 is 2.54 bits per heavy atom. The molecule has 0 aliphatic carbocycles. The molecule has 0 aromatic heterocycles. The first kappa shape index (κ1) is 21.8. The Kier molecular flexibility index (Phi) is 10.6. The van der Waals surface area contributed by atoms with Gasteiger partial charge in [0.1, 0.15) is 5.75 Å². The summed E-state index contributed by atoms with van der Waals surface area (Å²) in [4.78, 5) is 4.65. The number of nitrogens with one attached hydrogen (secondary N) is 2. The van der Waals surface area contributed by atoms with E-state index in [9.17, 15) is 0 Å². The quantitative estimate of drug-likeness (QED) is 0.333. The molecule has 5 heteroatoms. The van der Waals surface area contributed by atoms with Gasteiger partial charge in [0.2, 0.25) is 0 Å². The van der Waals surface area contributed by atoms with Gasteiger partial charge in [0, 0.05) is 26.2 Å². The molecule has 0 unspecified atom stereocenters. The van der Waals surface area contributed by atoms with Crippen molar-refractivity contribution in [2.24, 2.45) is 4.99 Å². The Balaban J connectivity index is 1.63. The predicted molar refractivity (Wildman–Crippen MR) is 116 cm³/mol. The average molecular weight is 384 g/mol. The number of unbranched alkanes of at least 4 members (excludes halogenated alkanes) is 1. The normalized spacial score (nSPS) is 11.3. The van der Waals surface area contributed by atoms with E-state index >= 15 is 0 Å². The fourth-order valence-corrected chi connectivity index (χ4v) is 2.84. The van der Waals surface area contributed by atoms with Crippen LogP contribution in [0.25, 0.3) is 0 Å². The minimum atomic E-state index is 0.678. The summed E-state index contributed by atoms with van der Waals surface area (Å²) in [6.45, 7) is 5.97. The Morgan fingerprint density at radius 2 is 1.75 bits per heavy atom. The molecule has 2 aromatic rings. The molecule has 0 heterocycles. The summed E-state index contributed by atoms with van der Waals surface area (Å²) in [5, 5.41) is 6.69. The summed E-state index contributed by atoms with van der Waals surface area (Å²) >= 11 is 0. The number of rotatable bonds is 12. The number of aliphatic imine (C=N–C) groups is 1. The van der Waals surface area contributed by atoms with E-state index < -0.39 is 0 Å². The van der Waals surface area contributed by atoms with Crippen LogP contribution < -0.4 is 15.4 Å². The number of para-hydroxylation sites is 1. The van der Waals surface area contributed by atoms with Crippen LogP contribution in [0.2, 0.25) is 0 Å². The highest BCUT2D eigenvalue weighted by atomic mass is 16.5. The molecule has 0 bridgehead atoms. The maximum atomic E-state index is 5.72. The first-order valence-electron chi connectivity index (χ1n) is 10.1.